The van der Waals surface area contributed by atoms with Crippen molar-refractivity contribution >= 4 is 11.6 Å². The highest BCUT2D eigenvalue weighted by molar-refractivity contribution is 6.31. The molecular weight excluding hydrogens is 265 g/mol. The van der Waals surface area contributed by atoms with Crippen molar-refractivity contribution in [3.63, 3.8) is 0 Å². The fourth-order valence-electron chi connectivity index (χ4n) is 2.15. The molecule has 1 aromatic carbocycles. The first kappa shape index (κ1) is 16.4. The highest BCUT2D eigenvalue weighted by atomic mass is 35.5. The maximum absolute atomic E-state index is 13.4. The molecule has 19 heavy (non-hydrogen) atoms. The minimum Gasteiger partial charge on any atom is -0.379 e. The highest BCUT2D eigenvalue weighted by Crippen LogP contribution is 2.24. The molecule has 0 bridgehead atoms. The fourth-order valence-corrected chi connectivity index (χ4v) is 2.36. The van der Waals surface area contributed by atoms with Gasteiger partial charge in [-0.15, -0.1) is 0 Å². The van der Waals surface area contributed by atoms with Crippen molar-refractivity contribution < 1.29 is 9.13 Å². The number of halogens is 2. The van der Waals surface area contributed by atoms with Crippen LogP contribution in [0.5, 0.6) is 0 Å². The number of benzene rings is 1. The lowest BCUT2D eigenvalue weighted by atomic mass is 9.94. The molecule has 0 amide bonds. The van der Waals surface area contributed by atoms with Crippen LogP contribution in [0, 0.1) is 5.82 Å². The lowest BCUT2D eigenvalue weighted by Crippen LogP contribution is -2.39. The topological polar surface area (TPSA) is 21.3 Å². The van der Waals surface area contributed by atoms with E-state index in [1.54, 1.807) is 13.2 Å². The monoisotopic (exact) mass is 287 g/mol. The van der Waals surface area contributed by atoms with Crippen molar-refractivity contribution in [3.05, 3.63) is 34.6 Å². The third-order valence-electron chi connectivity index (χ3n) is 3.28. The van der Waals surface area contributed by atoms with E-state index < -0.39 is 0 Å². The lowest BCUT2D eigenvalue weighted by molar-refractivity contribution is 0.00726. The maximum atomic E-state index is 13.4. The zero-order valence-electron chi connectivity index (χ0n) is 12.1. The largest absolute Gasteiger partial charge is 0.379 e. The van der Waals surface area contributed by atoms with Crippen LogP contribution < -0.4 is 5.32 Å². The smallest absolute Gasteiger partial charge is 0.142 e. The van der Waals surface area contributed by atoms with Gasteiger partial charge in [0.25, 0.3) is 0 Å². The van der Waals surface area contributed by atoms with Crippen LogP contribution in [0.4, 0.5) is 4.39 Å². The Morgan fingerprint density at radius 1 is 1.42 bits per heavy atom. The average molecular weight is 288 g/mol. The average Bonchev–Trinajstić information content (AvgIpc) is 2.35. The molecule has 0 saturated heterocycles. The number of hydrogen-bond donors (Lipinski definition) is 1. The molecule has 0 aliphatic heterocycles. The van der Waals surface area contributed by atoms with Crippen molar-refractivity contribution in [1.29, 1.82) is 0 Å². The first-order chi connectivity index (χ1) is 8.89. The van der Waals surface area contributed by atoms with Crippen LogP contribution in [0.25, 0.3) is 0 Å². The van der Waals surface area contributed by atoms with Gasteiger partial charge in [-0.2, -0.15) is 0 Å². The molecule has 0 aliphatic rings. The number of nitrogens with one attached hydrogen (secondary N) is 1. The van der Waals surface area contributed by atoms with Crippen LogP contribution in [-0.2, 0) is 11.2 Å². The van der Waals surface area contributed by atoms with Gasteiger partial charge in [-0.1, -0.05) is 30.7 Å². The quantitative estimate of drug-likeness (QED) is 0.823. The standard InChI is InChI=1S/C15H23ClFNO/c1-5-18-12(10-15(2,3)19-4)9-11-7-6-8-13(17)14(11)16/h6-8,12,18H,5,9-10H2,1-4H3. The maximum Gasteiger partial charge on any atom is 0.142 e. The van der Waals surface area contributed by atoms with E-state index >= 15 is 0 Å². The fraction of sp³-hybridized carbons (Fsp3) is 0.600. The Bertz CT molecular complexity index is 409. The first-order valence-corrected chi connectivity index (χ1v) is 6.99. The highest BCUT2D eigenvalue weighted by Gasteiger charge is 2.23. The molecule has 1 atom stereocenters. The molecule has 4 heteroatoms. The summed E-state index contributed by atoms with van der Waals surface area (Å²) < 4.78 is 18.9. The van der Waals surface area contributed by atoms with Gasteiger partial charge in [0.2, 0.25) is 0 Å². The Labute approximate surface area is 120 Å². The van der Waals surface area contributed by atoms with Crippen molar-refractivity contribution in [2.45, 2.75) is 45.3 Å². The Balaban J connectivity index is 2.81. The summed E-state index contributed by atoms with van der Waals surface area (Å²) in [5.41, 5.74) is 0.617. The summed E-state index contributed by atoms with van der Waals surface area (Å²) in [6, 6.07) is 5.16. The van der Waals surface area contributed by atoms with Crippen LogP contribution in [0.1, 0.15) is 32.8 Å². The Morgan fingerprint density at radius 2 is 2.11 bits per heavy atom. The molecule has 0 spiro atoms. The van der Waals surface area contributed by atoms with E-state index in [1.807, 2.05) is 19.9 Å². The molecule has 108 valence electrons. The van der Waals surface area contributed by atoms with Gasteiger partial charge in [-0.25, -0.2) is 4.39 Å². The SMILES string of the molecule is CCNC(Cc1cccc(F)c1Cl)CC(C)(C)OC. The lowest BCUT2D eigenvalue weighted by Gasteiger charge is -2.29. The number of methoxy groups -OCH3 is 1. The van der Waals surface area contributed by atoms with Crippen LogP contribution in [0.3, 0.4) is 0 Å². The summed E-state index contributed by atoms with van der Waals surface area (Å²) in [6.07, 6.45) is 1.53. The Kier molecular flexibility index (Phi) is 6.24. The number of rotatable bonds is 7. The Morgan fingerprint density at radius 3 is 2.68 bits per heavy atom. The second-order valence-corrected chi connectivity index (χ2v) is 5.72. The molecular formula is C15H23ClFNO. The molecule has 1 unspecified atom stereocenters. The molecule has 0 fully saturated rings. The van der Waals surface area contributed by atoms with Crippen LogP contribution >= 0.6 is 11.6 Å². The van der Waals surface area contributed by atoms with E-state index in [9.17, 15) is 4.39 Å². The van der Waals surface area contributed by atoms with Crippen molar-refractivity contribution in [2.24, 2.45) is 0 Å². The van der Waals surface area contributed by atoms with E-state index in [4.69, 9.17) is 16.3 Å². The van der Waals surface area contributed by atoms with Crippen molar-refractivity contribution in [2.75, 3.05) is 13.7 Å². The second kappa shape index (κ2) is 7.22. The van der Waals surface area contributed by atoms with Gasteiger partial charge in [0.1, 0.15) is 5.82 Å². The molecule has 0 radical (unpaired) electrons. The number of hydrogen-bond acceptors (Lipinski definition) is 2. The van der Waals surface area contributed by atoms with Crippen LogP contribution in [0.15, 0.2) is 18.2 Å². The van der Waals surface area contributed by atoms with Gasteiger partial charge >= 0.3 is 0 Å². The predicted octanol–water partition coefficient (Wildman–Crippen LogP) is 3.81. The number of ether oxygens (including phenoxy) is 1. The van der Waals surface area contributed by atoms with Gasteiger partial charge in [-0.3, -0.25) is 0 Å². The third kappa shape index (κ3) is 5.09. The molecule has 2 nitrogen and oxygen atoms in total. The van der Waals surface area contributed by atoms with Crippen LogP contribution in [0.2, 0.25) is 5.02 Å². The van der Waals surface area contributed by atoms with E-state index in [0.29, 0.717) is 6.42 Å². The second-order valence-electron chi connectivity index (χ2n) is 5.34. The van der Waals surface area contributed by atoms with Gasteiger partial charge in [0.15, 0.2) is 0 Å². The summed E-state index contributed by atoms with van der Waals surface area (Å²) in [5, 5.41) is 3.63. The minimum absolute atomic E-state index is 0.208. The molecule has 1 aromatic rings. The number of likely N-dealkylation sites (N-methyl/N-ethyl adjacent to an activating group) is 1. The van der Waals surface area contributed by atoms with Crippen molar-refractivity contribution in [1.82, 2.24) is 5.32 Å². The Hall–Kier alpha value is -0.640. The molecule has 1 rings (SSSR count). The van der Waals surface area contributed by atoms with E-state index in [1.165, 1.54) is 6.07 Å². The normalized spacial score (nSPS) is 13.6. The van der Waals surface area contributed by atoms with Gasteiger partial charge in [0.05, 0.1) is 10.6 Å². The molecule has 0 saturated carbocycles. The molecule has 1 N–H and O–H groups in total. The summed E-state index contributed by atoms with van der Waals surface area (Å²) >= 11 is 6.01. The summed E-state index contributed by atoms with van der Waals surface area (Å²) in [7, 11) is 1.71. The summed E-state index contributed by atoms with van der Waals surface area (Å²) in [6.45, 7) is 7.01. The van der Waals surface area contributed by atoms with E-state index in [-0.39, 0.29) is 22.5 Å². The predicted molar refractivity (Wildman–Crippen MR) is 78.3 cm³/mol. The first-order valence-electron chi connectivity index (χ1n) is 6.61. The summed E-state index contributed by atoms with van der Waals surface area (Å²) in [5.74, 6) is -0.361. The third-order valence-corrected chi connectivity index (χ3v) is 3.70. The molecule has 0 heterocycles. The van der Waals surface area contributed by atoms with E-state index in [2.05, 4.69) is 12.2 Å². The zero-order chi connectivity index (χ0) is 14.5. The molecule has 0 aliphatic carbocycles. The zero-order valence-corrected chi connectivity index (χ0v) is 12.9. The van der Waals surface area contributed by atoms with Crippen LogP contribution in [-0.4, -0.2) is 25.3 Å². The van der Waals surface area contributed by atoms with Gasteiger partial charge in [-0.05, 0) is 44.9 Å². The van der Waals surface area contributed by atoms with Gasteiger partial charge < -0.3 is 10.1 Å². The minimum atomic E-state index is -0.361. The van der Waals surface area contributed by atoms with Crippen molar-refractivity contribution in [3.8, 4) is 0 Å². The van der Waals surface area contributed by atoms with E-state index in [0.717, 1.165) is 18.5 Å². The molecule has 0 aromatic heterocycles. The van der Waals surface area contributed by atoms with Gasteiger partial charge in [0, 0.05) is 13.2 Å². The summed E-state index contributed by atoms with van der Waals surface area (Å²) in [4.78, 5) is 0.